The summed E-state index contributed by atoms with van der Waals surface area (Å²) in [5.41, 5.74) is 0.238. The molecule has 22 heavy (non-hydrogen) atoms. The summed E-state index contributed by atoms with van der Waals surface area (Å²) in [7, 11) is 0. The molecule has 0 saturated heterocycles. The number of rotatable bonds is 2. The maximum Gasteiger partial charge on any atom is 0.408 e. The van der Waals surface area contributed by atoms with Crippen LogP contribution in [0.1, 0.15) is 29.9 Å². The molecule has 0 spiro atoms. The standard InChI is InChI=1S/C12H15F3N4O3/c1-6-4-19-9(5-18(6)11(21)22)8(3-16-19)10(20)17-7(2)12(13,14)15/h3,6-7H,4-5H2,1-2H3,(H,17,20)(H,21,22)/t6-,7+/m0/s1. The van der Waals surface area contributed by atoms with E-state index in [9.17, 15) is 22.8 Å². The monoisotopic (exact) mass is 320 g/mol. The highest BCUT2D eigenvalue weighted by Crippen LogP contribution is 2.23. The fourth-order valence-corrected chi connectivity index (χ4v) is 2.20. The number of nitrogens with zero attached hydrogens (tertiary/aromatic N) is 3. The van der Waals surface area contributed by atoms with Crippen molar-refractivity contribution in [1.82, 2.24) is 20.0 Å². The smallest absolute Gasteiger partial charge is 0.408 e. The molecular formula is C12H15F3N4O3. The first-order valence-corrected chi connectivity index (χ1v) is 6.53. The fourth-order valence-electron chi connectivity index (χ4n) is 2.20. The molecule has 1 aliphatic rings. The molecule has 2 amide bonds. The number of hydrogen-bond donors (Lipinski definition) is 2. The van der Waals surface area contributed by atoms with Gasteiger partial charge < -0.3 is 10.4 Å². The molecule has 1 aliphatic heterocycles. The van der Waals surface area contributed by atoms with Gasteiger partial charge in [0.1, 0.15) is 6.04 Å². The summed E-state index contributed by atoms with van der Waals surface area (Å²) in [6.45, 7) is 2.66. The predicted molar refractivity (Wildman–Crippen MR) is 68.2 cm³/mol. The number of amides is 2. The zero-order valence-electron chi connectivity index (χ0n) is 11.9. The topological polar surface area (TPSA) is 87.5 Å². The van der Waals surface area contributed by atoms with Crippen LogP contribution in [0.3, 0.4) is 0 Å². The Morgan fingerprint density at radius 2 is 2.14 bits per heavy atom. The first kappa shape index (κ1) is 16.1. The summed E-state index contributed by atoms with van der Waals surface area (Å²) in [4.78, 5) is 24.2. The minimum Gasteiger partial charge on any atom is -0.465 e. The molecule has 0 radical (unpaired) electrons. The first-order valence-electron chi connectivity index (χ1n) is 6.53. The van der Waals surface area contributed by atoms with Crippen molar-refractivity contribution < 1.29 is 27.9 Å². The van der Waals surface area contributed by atoms with E-state index in [4.69, 9.17) is 5.11 Å². The Morgan fingerprint density at radius 3 is 2.68 bits per heavy atom. The SMILES string of the molecule is C[C@H]1Cn2ncc(C(=O)N[C@H](C)C(F)(F)F)c2CN1C(=O)O. The summed E-state index contributed by atoms with van der Waals surface area (Å²) in [5.74, 6) is -0.925. The lowest BCUT2D eigenvalue weighted by Crippen LogP contribution is -2.46. The molecule has 1 aromatic rings. The van der Waals surface area contributed by atoms with Crippen molar-refractivity contribution >= 4 is 12.0 Å². The maximum absolute atomic E-state index is 12.5. The van der Waals surface area contributed by atoms with Crippen molar-refractivity contribution in [3.8, 4) is 0 Å². The van der Waals surface area contributed by atoms with Gasteiger partial charge in [-0.05, 0) is 13.8 Å². The van der Waals surface area contributed by atoms with E-state index in [2.05, 4.69) is 5.10 Å². The summed E-state index contributed by atoms with van der Waals surface area (Å²) in [6, 6.07) is -2.34. The number of fused-ring (bicyclic) bond motifs is 1. The molecule has 0 unspecified atom stereocenters. The van der Waals surface area contributed by atoms with Gasteiger partial charge in [0.25, 0.3) is 5.91 Å². The molecule has 10 heteroatoms. The third-order valence-electron chi connectivity index (χ3n) is 3.57. The number of hydrogen-bond acceptors (Lipinski definition) is 3. The highest BCUT2D eigenvalue weighted by Gasteiger charge is 2.38. The highest BCUT2D eigenvalue weighted by molar-refractivity contribution is 5.95. The number of nitrogens with one attached hydrogen (secondary N) is 1. The van der Waals surface area contributed by atoms with Crippen LogP contribution in [0.25, 0.3) is 0 Å². The number of carbonyl (C=O) groups is 2. The lowest BCUT2D eigenvalue weighted by molar-refractivity contribution is -0.149. The molecule has 1 aromatic heterocycles. The predicted octanol–water partition coefficient (Wildman–Crippen LogP) is 1.45. The second-order valence-corrected chi connectivity index (χ2v) is 5.18. The Labute approximate surface area is 123 Å². The van der Waals surface area contributed by atoms with Gasteiger partial charge in [0.05, 0.1) is 36.6 Å². The summed E-state index contributed by atoms with van der Waals surface area (Å²) >= 11 is 0. The Morgan fingerprint density at radius 1 is 1.50 bits per heavy atom. The number of alkyl halides is 3. The van der Waals surface area contributed by atoms with E-state index in [1.165, 1.54) is 4.68 Å². The first-order chi connectivity index (χ1) is 10.1. The minimum atomic E-state index is -4.55. The molecule has 0 fully saturated rings. The zero-order chi connectivity index (χ0) is 16.7. The van der Waals surface area contributed by atoms with Crippen LogP contribution < -0.4 is 5.32 Å². The molecular weight excluding hydrogens is 305 g/mol. The zero-order valence-corrected chi connectivity index (χ0v) is 11.9. The van der Waals surface area contributed by atoms with E-state index in [0.717, 1.165) is 18.0 Å². The van der Waals surface area contributed by atoms with Crippen LogP contribution in [-0.2, 0) is 13.1 Å². The third-order valence-corrected chi connectivity index (χ3v) is 3.57. The molecule has 2 rings (SSSR count). The van der Waals surface area contributed by atoms with Crippen LogP contribution in [0.15, 0.2) is 6.20 Å². The van der Waals surface area contributed by atoms with Gasteiger partial charge in [-0.3, -0.25) is 14.4 Å². The van der Waals surface area contributed by atoms with E-state index >= 15 is 0 Å². The van der Waals surface area contributed by atoms with Crippen LogP contribution in [0.5, 0.6) is 0 Å². The van der Waals surface area contributed by atoms with E-state index in [0.29, 0.717) is 0 Å². The van der Waals surface area contributed by atoms with E-state index < -0.39 is 24.2 Å². The summed E-state index contributed by atoms with van der Waals surface area (Å²) in [6.07, 6.45) is -4.55. The van der Waals surface area contributed by atoms with E-state index in [-0.39, 0.29) is 30.4 Å². The van der Waals surface area contributed by atoms with Crippen molar-refractivity contribution in [3.63, 3.8) is 0 Å². The van der Waals surface area contributed by atoms with Gasteiger partial charge in [0.2, 0.25) is 0 Å². The van der Waals surface area contributed by atoms with Crippen LogP contribution in [0.4, 0.5) is 18.0 Å². The van der Waals surface area contributed by atoms with Gasteiger partial charge in [0, 0.05) is 0 Å². The second kappa shape index (κ2) is 5.50. The van der Waals surface area contributed by atoms with Crippen LogP contribution in [0, 0.1) is 0 Å². The lowest BCUT2D eigenvalue weighted by Gasteiger charge is -2.32. The van der Waals surface area contributed by atoms with Gasteiger partial charge in [-0.25, -0.2) is 4.79 Å². The van der Waals surface area contributed by atoms with E-state index in [1.807, 2.05) is 5.32 Å². The number of carbonyl (C=O) groups excluding carboxylic acids is 1. The molecule has 2 heterocycles. The van der Waals surface area contributed by atoms with Gasteiger partial charge >= 0.3 is 12.3 Å². The Kier molecular flexibility index (Phi) is 4.03. The molecule has 0 aromatic carbocycles. The van der Waals surface area contributed by atoms with Crippen LogP contribution in [0.2, 0.25) is 0 Å². The van der Waals surface area contributed by atoms with Crippen LogP contribution >= 0.6 is 0 Å². The van der Waals surface area contributed by atoms with Crippen molar-refractivity contribution in [2.45, 2.75) is 45.2 Å². The minimum absolute atomic E-state index is 0.0470. The largest absolute Gasteiger partial charge is 0.465 e. The van der Waals surface area contributed by atoms with Gasteiger partial charge in [-0.2, -0.15) is 18.3 Å². The fraction of sp³-hybridized carbons (Fsp3) is 0.583. The number of halogens is 3. The molecule has 0 bridgehead atoms. The Hall–Kier alpha value is -2.26. The molecule has 2 N–H and O–H groups in total. The van der Waals surface area contributed by atoms with Crippen molar-refractivity contribution in [3.05, 3.63) is 17.5 Å². The van der Waals surface area contributed by atoms with Gasteiger partial charge in [0.15, 0.2) is 0 Å². The van der Waals surface area contributed by atoms with Gasteiger partial charge in [-0.1, -0.05) is 0 Å². The van der Waals surface area contributed by atoms with E-state index in [1.54, 1.807) is 6.92 Å². The second-order valence-electron chi connectivity index (χ2n) is 5.18. The van der Waals surface area contributed by atoms with Crippen molar-refractivity contribution in [1.29, 1.82) is 0 Å². The average Bonchev–Trinajstić information content (AvgIpc) is 2.78. The number of aromatic nitrogens is 2. The molecule has 7 nitrogen and oxygen atoms in total. The molecule has 122 valence electrons. The van der Waals surface area contributed by atoms with Crippen molar-refractivity contribution in [2.24, 2.45) is 0 Å². The van der Waals surface area contributed by atoms with Gasteiger partial charge in [-0.15, -0.1) is 0 Å². The molecule has 0 saturated carbocycles. The summed E-state index contributed by atoms with van der Waals surface area (Å²) < 4.78 is 38.9. The Balaban J connectivity index is 2.22. The summed E-state index contributed by atoms with van der Waals surface area (Å²) in [5, 5.41) is 14.9. The van der Waals surface area contributed by atoms with Crippen molar-refractivity contribution in [2.75, 3.05) is 0 Å². The Bertz CT molecular complexity index is 599. The molecule has 0 aliphatic carbocycles. The van der Waals surface area contributed by atoms with Crippen LogP contribution in [-0.4, -0.2) is 50.0 Å². The maximum atomic E-state index is 12.5. The highest BCUT2D eigenvalue weighted by atomic mass is 19.4. The normalized spacial score (nSPS) is 19.5. The lowest BCUT2D eigenvalue weighted by atomic mass is 10.1. The quantitative estimate of drug-likeness (QED) is 0.863. The molecule has 2 atom stereocenters. The third kappa shape index (κ3) is 3.00. The average molecular weight is 320 g/mol. The number of carboxylic acid groups (broad SMARTS) is 1.